The van der Waals surface area contributed by atoms with Crippen molar-refractivity contribution >= 4 is 50.9 Å². The molecule has 0 radical (unpaired) electrons. The van der Waals surface area contributed by atoms with Crippen LogP contribution in [-0.4, -0.2) is 41.7 Å². The summed E-state index contributed by atoms with van der Waals surface area (Å²) in [4.78, 5) is 53.0. The molecule has 0 aromatic heterocycles. The van der Waals surface area contributed by atoms with Crippen LogP contribution in [0.2, 0.25) is 0 Å². The molecule has 5 rings (SSSR count). The number of hydrogen-bond donors (Lipinski definition) is 1. The first-order valence-corrected chi connectivity index (χ1v) is 12.3. The van der Waals surface area contributed by atoms with Crippen molar-refractivity contribution in [3.8, 4) is 5.75 Å². The van der Waals surface area contributed by atoms with E-state index in [1.54, 1.807) is 47.4 Å². The lowest BCUT2D eigenvalue weighted by Crippen LogP contribution is -2.38. The highest BCUT2D eigenvalue weighted by atomic mass is 79.9. The maximum Gasteiger partial charge on any atom is 0.265 e. The second-order valence-corrected chi connectivity index (χ2v) is 9.45. The van der Waals surface area contributed by atoms with E-state index in [1.165, 1.54) is 4.90 Å². The molecule has 8 nitrogen and oxygen atoms in total. The third-order valence-corrected chi connectivity index (χ3v) is 6.63. The van der Waals surface area contributed by atoms with E-state index in [1.807, 2.05) is 24.3 Å². The predicted octanol–water partition coefficient (Wildman–Crippen LogP) is 4.39. The lowest BCUT2D eigenvalue weighted by molar-refractivity contribution is -0.121. The van der Waals surface area contributed by atoms with Crippen LogP contribution in [0.5, 0.6) is 5.75 Å². The maximum atomic E-state index is 12.6. The summed E-state index contributed by atoms with van der Waals surface area (Å²) in [5.74, 6) is -0.526. The average Bonchev–Trinajstić information content (AvgIpc) is 3.12. The Hall–Kier alpha value is -3.98. The van der Waals surface area contributed by atoms with Crippen LogP contribution in [0.1, 0.15) is 39.1 Å². The quantitative estimate of drug-likeness (QED) is 0.442. The zero-order valence-corrected chi connectivity index (χ0v) is 20.8. The van der Waals surface area contributed by atoms with Gasteiger partial charge in [-0.05, 0) is 54.4 Å². The normalized spacial score (nSPS) is 14.4. The van der Waals surface area contributed by atoms with Crippen LogP contribution in [0.3, 0.4) is 0 Å². The number of carbonyl (C=O) groups is 4. The maximum absolute atomic E-state index is 12.6. The standard InChI is InChI=1S/C27H22BrN3O5/c28-18-9-7-17(8-10-18)15-31-22-14-19(11-12-23(22)36-16-25(31)33)29-24(32)6-3-13-30-26(34)20-4-1-2-5-21(20)27(30)35/h1-2,4-5,7-12,14H,3,6,13,15-16H2,(H,29,32). The SMILES string of the molecule is O=C(CCCN1C(=O)c2ccccc2C1=O)Nc1ccc2c(c1)N(Cc1ccc(Br)cc1)C(=O)CO2. The van der Waals surface area contributed by atoms with Crippen LogP contribution in [0.25, 0.3) is 0 Å². The van der Waals surface area contributed by atoms with E-state index in [0.717, 1.165) is 10.0 Å². The van der Waals surface area contributed by atoms with E-state index < -0.39 is 0 Å². The van der Waals surface area contributed by atoms with E-state index >= 15 is 0 Å². The van der Waals surface area contributed by atoms with Gasteiger partial charge in [-0.15, -0.1) is 0 Å². The van der Waals surface area contributed by atoms with Gasteiger partial charge < -0.3 is 15.0 Å². The van der Waals surface area contributed by atoms with Gasteiger partial charge in [0, 0.05) is 23.1 Å². The molecule has 0 aliphatic carbocycles. The summed E-state index contributed by atoms with van der Waals surface area (Å²) in [5.41, 5.74) is 2.86. The lowest BCUT2D eigenvalue weighted by atomic mass is 10.1. The molecule has 0 saturated heterocycles. The Labute approximate surface area is 216 Å². The van der Waals surface area contributed by atoms with Crippen LogP contribution in [0.15, 0.2) is 71.2 Å². The van der Waals surface area contributed by atoms with Gasteiger partial charge in [-0.2, -0.15) is 0 Å². The summed E-state index contributed by atoms with van der Waals surface area (Å²) in [6.07, 6.45) is 0.460. The van der Waals surface area contributed by atoms with E-state index in [9.17, 15) is 19.2 Å². The molecule has 1 N–H and O–H groups in total. The van der Waals surface area contributed by atoms with Crippen LogP contribution in [-0.2, 0) is 16.1 Å². The third-order valence-electron chi connectivity index (χ3n) is 6.10. The summed E-state index contributed by atoms with van der Waals surface area (Å²) >= 11 is 3.41. The second-order valence-electron chi connectivity index (χ2n) is 8.54. The summed E-state index contributed by atoms with van der Waals surface area (Å²) < 4.78 is 6.52. The molecule has 0 saturated carbocycles. The molecule has 9 heteroatoms. The summed E-state index contributed by atoms with van der Waals surface area (Å²) in [6, 6.07) is 19.6. The highest BCUT2D eigenvalue weighted by Crippen LogP contribution is 2.35. The first-order valence-electron chi connectivity index (χ1n) is 11.5. The molecule has 4 amide bonds. The molecule has 0 unspecified atom stereocenters. The number of benzene rings is 3. The minimum Gasteiger partial charge on any atom is -0.482 e. The van der Waals surface area contributed by atoms with E-state index in [4.69, 9.17) is 4.74 Å². The van der Waals surface area contributed by atoms with Gasteiger partial charge in [-0.25, -0.2) is 0 Å². The second kappa shape index (κ2) is 9.94. The first-order chi connectivity index (χ1) is 17.4. The zero-order chi connectivity index (χ0) is 25.2. The Balaban J connectivity index is 1.21. The molecule has 2 aliphatic heterocycles. The number of rotatable bonds is 7. The smallest absolute Gasteiger partial charge is 0.265 e. The van der Waals surface area contributed by atoms with Gasteiger partial charge in [-0.3, -0.25) is 24.1 Å². The molecular formula is C27H22BrN3O5. The van der Waals surface area contributed by atoms with Crippen molar-refractivity contribution in [3.63, 3.8) is 0 Å². The molecular weight excluding hydrogens is 526 g/mol. The van der Waals surface area contributed by atoms with E-state index in [2.05, 4.69) is 21.2 Å². The molecule has 2 heterocycles. The molecule has 2 aliphatic rings. The van der Waals surface area contributed by atoms with Crippen LogP contribution >= 0.6 is 15.9 Å². The fourth-order valence-electron chi connectivity index (χ4n) is 4.29. The molecule has 0 spiro atoms. The molecule has 3 aromatic carbocycles. The molecule has 0 fully saturated rings. The molecule has 0 bridgehead atoms. The van der Waals surface area contributed by atoms with Gasteiger partial charge in [0.1, 0.15) is 5.75 Å². The number of halogens is 1. The third kappa shape index (κ3) is 4.74. The number of nitrogens with one attached hydrogen (secondary N) is 1. The first kappa shape index (κ1) is 23.7. The predicted molar refractivity (Wildman–Crippen MR) is 137 cm³/mol. The number of carbonyl (C=O) groups excluding carboxylic acids is 4. The van der Waals surface area contributed by atoms with Crippen molar-refractivity contribution in [2.45, 2.75) is 19.4 Å². The van der Waals surface area contributed by atoms with Gasteiger partial charge in [-0.1, -0.05) is 40.2 Å². The van der Waals surface area contributed by atoms with Gasteiger partial charge in [0.25, 0.3) is 17.7 Å². The molecule has 36 heavy (non-hydrogen) atoms. The van der Waals surface area contributed by atoms with Crippen molar-refractivity contribution in [1.29, 1.82) is 0 Å². The highest BCUT2D eigenvalue weighted by Gasteiger charge is 2.34. The average molecular weight is 548 g/mol. The van der Waals surface area contributed by atoms with Crippen molar-refractivity contribution < 1.29 is 23.9 Å². The lowest BCUT2D eigenvalue weighted by Gasteiger charge is -2.30. The van der Waals surface area contributed by atoms with Crippen molar-refractivity contribution in [3.05, 3.63) is 87.9 Å². The van der Waals surface area contributed by atoms with E-state index in [-0.39, 0.29) is 43.2 Å². The van der Waals surface area contributed by atoms with Gasteiger partial charge in [0.05, 0.1) is 23.4 Å². The minimum atomic E-state index is -0.332. The number of anilines is 2. The van der Waals surface area contributed by atoms with Gasteiger partial charge >= 0.3 is 0 Å². The fourth-order valence-corrected chi connectivity index (χ4v) is 4.55. The van der Waals surface area contributed by atoms with E-state index in [0.29, 0.717) is 41.2 Å². The number of amides is 4. The number of fused-ring (bicyclic) bond motifs is 2. The Morgan fingerprint density at radius 3 is 2.31 bits per heavy atom. The largest absolute Gasteiger partial charge is 0.482 e. The number of nitrogens with zero attached hydrogens (tertiary/aromatic N) is 2. The Bertz CT molecular complexity index is 1340. The Morgan fingerprint density at radius 2 is 1.61 bits per heavy atom. The van der Waals surface area contributed by atoms with Gasteiger partial charge in [0.15, 0.2) is 6.61 Å². The van der Waals surface area contributed by atoms with Crippen molar-refractivity contribution in [1.82, 2.24) is 4.90 Å². The number of ether oxygens (including phenoxy) is 1. The minimum absolute atomic E-state index is 0.0486. The highest BCUT2D eigenvalue weighted by molar-refractivity contribution is 9.10. The fraction of sp³-hybridized carbons (Fsp3) is 0.185. The van der Waals surface area contributed by atoms with Crippen LogP contribution in [0, 0.1) is 0 Å². The summed E-state index contributed by atoms with van der Waals surface area (Å²) in [5, 5.41) is 2.84. The molecule has 3 aromatic rings. The monoisotopic (exact) mass is 547 g/mol. The Morgan fingerprint density at radius 1 is 0.917 bits per heavy atom. The number of imide groups is 1. The summed E-state index contributed by atoms with van der Waals surface area (Å²) in [7, 11) is 0. The van der Waals surface area contributed by atoms with Crippen LogP contribution < -0.4 is 15.0 Å². The molecule has 0 atom stereocenters. The van der Waals surface area contributed by atoms with Crippen molar-refractivity contribution in [2.75, 3.05) is 23.4 Å². The zero-order valence-electron chi connectivity index (χ0n) is 19.2. The molecule has 182 valence electrons. The number of hydrogen-bond acceptors (Lipinski definition) is 5. The van der Waals surface area contributed by atoms with Crippen LogP contribution in [0.4, 0.5) is 11.4 Å². The van der Waals surface area contributed by atoms with Gasteiger partial charge in [0.2, 0.25) is 5.91 Å². The van der Waals surface area contributed by atoms with Crippen molar-refractivity contribution in [2.24, 2.45) is 0 Å². The topological polar surface area (TPSA) is 96.0 Å². The Kier molecular flexibility index (Phi) is 6.56. The summed E-state index contributed by atoms with van der Waals surface area (Å²) in [6.45, 7) is 0.487.